The van der Waals surface area contributed by atoms with E-state index in [-0.39, 0.29) is 31.8 Å². The van der Waals surface area contributed by atoms with Crippen molar-refractivity contribution >= 4 is 17.7 Å². The van der Waals surface area contributed by atoms with E-state index >= 15 is 0 Å². The number of ether oxygens (including phenoxy) is 2. The van der Waals surface area contributed by atoms with E-state index in [0.717, 1.165) is 16.7 Å². The van der Waals surface area contributed by atoms with Crippen LogP contribution in [0.3, 0.4) is 0 Å². The van der Waals surface area contributed by atoms with Crippen molar-refractivity contribution in [2.75, 3.05) is 13.2 Å². The van der Waals surface area contributed by atoms with Crippen LogP contribution in [0.2, 0.25) is 0 Å². The van der Waals surface area contributed by atoms with Crippen LogP contribution in [-0.4, -0.2) is 35.9 Å². The van der Waals surface area contributed by atoms with Crippen molar-refractivity contribution in [3.63, 3.8) is 0 Å². The normalized spacial score (nSPS) is 14.2. The Bertz CT molecular complexity index is 944. The fourth-order valence-corrected chi connectivity index (χ4v) is 3.73. The third kappa shape index (κ3) is 3.79. The molecule has 0 saturated heterocycles. The molecular formula is C23H25NO5. The molecule has 0 fully saturated rings. The van der Waals surface area contributed by atoms with Gasteiger partial charge in [0.25, 0.3) is 0 Å². The number of benzene rings is 1. The summed E-state index contributed by atoms with van der Waals surface area (Å²) < 4.78 is 10.4. The van der Waals surface area contributed by atoms with Gasteiger partial charge in [-0.2, -0.15) is 0 Å². The summed E-state index contributed by atoms with van der Waals surface area (Å²) in [4.78, 5) is 42.8. The van der Waals surface area contributed by atoms with Gasteiger partial charge in [0.15, 0.2) is 5.41 Å². The highest BCUT2D eigenvalue weighted by Gasteiger charge is 2.53. The quantitative estimate of drug-likeness (QED) is 0.425. The maximum absolute atomic E-state index is 12.9. The van der Waals surface area contributed by atoms with Crippen molar-refractivity contribution in [3.8, 4) is 0 Å². The number of nitrogens with zero attached hydrogens (tertiary/aromatic N) is 1. The predicted octanol–water partition coefficient (Wildman–Crippen LogP) is 3.14. The fraction of sp³-hybridized carbons (Fsp3) is 0.391. The summed E-state index contributed by atoms with van der Waals surface area (Å²) in [5.74, 6) is -1.39. The molecule has 0 atom stereocenters. The minimum absolute atomic E-state index is 0.136. The van der Waals surface area contributed by atoms with Gasteiger partial charge in [-0.25, -0.2) is 4.98 Å². The second kappa shape index (κ2) is 8.15. The Kier molecular flexibility index (Phi) is 5.82. The highest BCUT2D eigenvalue weighted by Crippen LogP contribution is 2.41. The van der Waals surface area contributed by atoms with E-state index in [2.05, 4.69) is 4.98 Å². The largest absolute Gasteiger partial charge is 0.465 e. The van der Waals surface area contributed by atoms with Crippen LogP contribution in [-0.2, 0) is 31.9 Å². The highest BCUT2D eigenvalue weighted by atomic mass is 16.6. The van der Waals surface area contributed by atoms with E-state index in [1.807, 2.05) is 19.1 Å². The predicted molar refractivity (Wildman–Crippen MR) is 107 cm³/mol. The van der Waals surface area contributed by atoms with Crippen LogP contribution in [0, 0.1) is 19.3 Å². The Morgan fingerprint density at radius 3 is 2.10 bits per heavy atom. The SMILES string of the molecule is CCOC(=O)C1(C(=O)OCC)Cc2cc(C(=O)c3ccc(C)cc3)nc(C)c2C1. The van der Waals surface area contributed by atoms with Gasteiger partial charge in [-0.1, -0.05) is 29.8 Å². The molecule has 1 aliphatic carbocycles. The smallest absolute Gasteiger partial charge is 0.324 e. The van der Waals surface area contributed by atoms with E-state index in [1.54, 1.807) is 39.0 Å². The van der Waals surface area contributed by atoms with Gasteiger partial charge < -0.3 is 9.47 Å². The average Bonchev–Trinajstić information content (AvgIpc) is 3.10. The molecule has 2 aromatic rings. The molecule has 152 valence electrons. The lowest BCUT2D eigenvalue weighted by Crippen LogP contribution is -2.43. The van der Waals surface area contributed by atoms with E-state index < -0.39 is 17.4 Å². The second-order valence-corrected chi connectivity index (χ2v) is 7.30. The number of rotatable bonds is 6. The lowest BCUT2D eigenvalue weighted by Gasteiger charge is -2.24. The van der Waals surface area contributed by atoms with E-state index in [1.165, 1.54) is 0 Å². The first kappa shape index (κ1) is 20.7. The standard InChI is InChI=1S/C23H25NO5/c1-5-28-21(26)23(22(27)29-6-2)12-17-11-19(24-15(4)18(17)13-23)20(25)16-9-7-14(3)8-10-16/h7-11H,5-6,12-13H2,1-4H3. The van der Waals surface area contributed by atoms with Crippen LogP contribution in [0.5, 0.6) is 0 Å². The number of carbonyl (C=O) groups excluding carboxylic acids is 3. The molecule has 0 saturated carbocycles. The van der Waals surface area contributed by atoms with Gasteiger partial charge in [-0.15, -0.1) is 0 Å². The zero-order valence-electron chi connectivity index (χ0n) is 17.2. The third-order valence-electron chi connectivity index (χ3n) is 5.27. The third-order valence-corrected chi connectivity index (χ3v) is 5.27. The molecule has 1 aromatic carbocycles. The second-order valence-electron chi connectivity index (χ2n) is 7.30. The van der Waals surface area contributed by atoms with Crippen molar-refractivity contribution in [2.45, 2.75) is 40.5 Å². The van der Waals surface area contributed by atoms with Crippen molar-refractivity contribution < 1.29 is 23.9 Å². The molecule has 29 heavy (non-hydrogen) atoms. The number of fused-ring (bicyclic) bond motifs is 1. The summed E-state index contributed by atoms with van der Waals surface area (Å²) in [6, 6.07) is 8.97. The lowest BCUT2D eigenvalue weighted by molar-refractivity contribution is -0.171. The molecule has 0 bridgehead atoms. The maximum Gasteiger partial charge on any atom is 0.324 e. The highest BCUT2D eigenvalue weighted by molar-refractivity contribution is 6.08. The van der Waals surface area contributed by atoms with E-state index in [4.69, 9.17) is 9.47 Å². The Morgan fingerprint density at radius 1 is 0.966 bits per heavy atom. The minimum Gasteiger partial charge on any atom is -0.465 e. The van der Waals surface area contributed by atoms with Crippen LogP contribution in [0.1, 0.15) is 52.3 Å². The molecule has 1 heterocycles. The summed E-state index contributed by atoms with van der Waals surface area (Å²) in [6.07, 6.45) is 0.301. The summed E-state index contributed by atoms with van der Waals surface area (Å²) in [5, 5.41) is 0. The molecule has 0 spiro atoms. The number of carbonyl (C=O) groups is 3. The lowest BCUT2D eigenvalue weighted by atomic mass is 9.84. The minimum atomic E-state index is -1.42. The molecule has 6 heteroatoms. The van der Waals surface area contributed by atoms with Crippen LogP contribution < -0.4 is 0 Å². The first-order valence-electron chi connectivity index (χ1n) is 9.77. The van der Waals surface area contributed by atoms with Crippen LogP contribution in [0.15, 0.2) is 30.3 Å². The van der Waals surface area contributed by atoms with Gasteiger partial charge in [-0.05, 0) is 51.3 Å². The van der Waals surface area contributed by atoms with Gasteiger partial charge in [0.2, 0.25) is 5.78 Å². The molecule has 3 rings (SSSR count). The Morgan fingerprint density at radius 2 is 1.55 bits per heavy atom. The fourth-order valence-electron chi connectivity index (χ4n) is 3.73. The Labute approximate surface area is 170 Å². The summed E-state index contributed by atoms with van der Waals surface area (Å²) in [5.41, 5.74) is 2.67. The van der Waals surface area contributed by atoms with Crippen molar-refractivity contribution in [1.82, 2.24) is 4.98 Å². The summed E-state index contributed by atoms with van der Waals surface area (Å²) in [6.45, 7) is 7.48. The molecular weight excluding hydrogens is 370 g/mol. The molecule has 0 amide bonds. The van der Waals surface area contributed by atoms with Crippen LogP contribution in [0.4, 0.5) is 0 Å². The van der Waals surface area contributed by atoms with Gasteiger partial charge in [0, 0.05) is 17.7 Å². The number of ketones is 1. The van der Waals surface area contributed by atoms with Crippen molar-refractivity contribution in [3.05, 3.63) is 64.0 Å². The van der Waals surface area contributed by atoms with Gasteiger partial charge in [0.1, 0.15) is 5.69 Å². The first-order chi connectivity index (χ1) is 13.8. The number of aryl methyl sites for hydroxylation is 2. The first-order valence-corrected chi connectivity index (χ1v) is 9.77. The van der Waals surface area contributed by atoms with Crippen LogP contribution in [0.25, 0.3) is 0 Å². The summed E-state index contributed by atoms with van der Waals surface area (Å²) >= 11 is 0. The molecule has 0 unspecified atom stereocenters. The number of aromatic nitrogens is 1. The zero-order valence-corrected chi connectivity index (χ0v) is 17.2. The molecule has 0 radical (unpaired) electrons. The molecule has 0 N–H and O–H groups in total. The number of esters is 2. The van der Waals surface area contributed by atoms with Crippen molar-refractivity contribution in [2.24, 2.45) is 5.41 Å². The van der Waals surface area contributed by atoms with E-state index in [9.17, 15) is 14.4 Å². The molecule has 1 aromatic heterocycles. The van der Waals surface area contributed by atoms with Crippen molar-refractivity contribution in [1.29, 1.82) is 0 Å². The number of hydrogen-bond acceptors (Lipinski definition) is 6. The Balaban J connectivity index is 1.99. The number of hydrogen-bond donors (Lipinski definition) is 0. The topological polar surface area (TPSA) is 82.6 Å². The maximum atomic E-state index is 12.9. The number of pyridine rings is 1. The van der Waals surface area contributed by atoms with Gasteiger partial charge in [0.05, 0.1) is 13.2 Å². The monoisotopic (exact) mass is 395 g/mol. The molecule has 0 aliphatic heterocycles. The average molecular weight is 395 g/mol. The van der Waals surface area contributed by atoms with E-state index in [0.29, 0.717) is 17.0 Å². The Hall–Kier alpha value is -3.02. The van der Waals surface area contributed by atoms with Gasteiger partial charge in [-0.3, -0.25) is 14.4 Å². The van der Waals surface area contributed by atoms with Crippen LogP contribution >= 0.6 is 0 Å². The van der Waals surface area contributed by atoms with Gasteiger partial charge >= 0.3 is 11.9 Å². The zero-order chi connectivity index (χ0) is 21.2. The molecule has 1 aliphatic rings. The summed E-state index contributed by atoms with van der Waals surface area (Å²) in [7, 11) is 0. The molecule has 6 nitrogen and oxygen atoms in total.